The van der Waals surface area contributed by atoms with E-state index in [1.807, 2.05) is 49.9 Å². The fourth-order valence-corrected chi connectivity index (χ4v) is 2.02. The average Bonchev–Trinajstić information content (AvgIpc) is 2.46. The molecule has 0 aromatic heterocycles. The van der Waals surface area contributed by atoms with Gasteiger partial charge in [-0.05, 0) is 32.0 Å². The summed E-state index contributed by atoms with van der Waals surface area (Å²) in [6.07, 6.45) is -0.626. The second-order valence-corrected chi connectivity index (χ2v) is 5.01. The zero-order chi connectivity index (χ0) is 15.7. The summed E-state index contributed by atoms with van der Waals surface area (Å²) in [5, 5.41) is 12.8. The molecule has 0 fully saturated rings. The number of amides is 1. The zero-order valence-electron chi connectivity index (χ0n) is 13.1. The van der Waals surface area contributed by atoms with Crippen LogP contribution in [0, 0.1) is 6.92 Å². The quantitative estimate of drug-likeness (QED) is 0.718. The van der Waals surface area contributed by atoms with Crippen LogP contribution in [0.5, 0.6) is 5.75 Å². The molecule has 2 N–H and O–H groups in total. The summed E-state index contributed by atoms with van der Waals surface area (Å²) in [5.74, 6) is 0.759. The maximum absolute atomic E-state index is 11.6. The van der Waals surface area contributed by atoms with Crippen LogP contribution in [0.15, 0.2) is 24.3 Å². The molecule has 5 heteroatoms. The van der Waals surface area contributed by atoms with Crippen LogP contribution in [0.25, 0.3) is 0 Å². The standard InChI is InChI=1S/C16H26N2O3/c1-4-17-16(20)11-18(5-2)10-14(19)12-21-15-9-7-6-8-13(15)3/h6-9,14,19H,4-5,10-12H2,1-3H3,(H,17,20). The highest BCUT2D eigenvalue weighted by Crippen LogP contribution is 2.16. The van der Waals surface area contributed by atoms with Gasteiger partial charge in [-0.25, -0.2) is 0 Å². The molecule has 0 radical (unpaired) electrons. The molecule has 118 valence electrons. The highest BCUT2D eigenvalue weighted by atomic mass is 16.5. The Morgan fingerprint density at radius 2 is 2.10 bits per heavy atom. The number of nitrogens with one attached hydrogen (secondary N) is 1. The monoisotopic (exact) mass is 294 g/mol. The van der Waals surface area contributed by atoms with Gasteiger partial charge in [0.15, 0.2) is 0 Å². The molecule has 0 saturated heterocycles. The van der Waals surface area contributed by atoms with E-state index >= 15 is 0 Å². The summed E-state index contributed by atoms with van der Waals surface area (Å²) in [6, 6.07) is 7.70. The van der Waals surface area contributed by atoms with Crippen LogP contribution in [-0.4, -0.2) is 54.8 Å². The topological polar surface area (TPSA) is 61.8 Å². The minimum Gasteiger partial charge on any atom is -0.491 e. The number of rotatable bonds is 9. The van der Waals surface area contributed by atoms with Crippen molar-refractivity contribution in [3.8, 4) is 5.75 Å². The van der Waals surface area contributed by atoms with Gasteiger partial charge in [-0.3, -0.25) is 9.69 Å². The van der Waals surface area contributed by atoms with E-state index in [-0.39, 0.29) is 12.5 Å². The first-order valence-corrected chi connectivity index (χ1v) is 7.42. The molecule has 0 saturated carbocycles. The first-order valence-electron chi connectivity index (χ1n) is 7.42. The highest BCUT2D eigenvalue weighted by Gasteiger charge is 2.14. The molecule has 1 rings (SSSR count). The van der Waals surface area contributed by atoms with E-state index in [1.54, 1.807) is 0 Å². The fourth-order valence-electron chi connectivity index (χ4n) is 2.02. The number of hydrogen-bond acceptors (Lipinski definition) is 4. The van der Waals surface area contributed by atoms with Crippen LogP contribution in [-0.2, 0) is 4.79 Å². The Bertz CT molecular complexity index is 437. The van der Waals surface area contributed by atoms with Crippen LogP contribution in [0.3, 0.4) is 0 Å². The summed E-state index contributed by atoms with van der Waals surface area (Å²) < 4.78 is 5.62. The molecule has 0 aliphatic carbocycles. The number of nitrogens with zero attached hydrogens (tertiary/aromatic N) is 1. The van der Waals surface area contributed by atoms with E-state index in [1.165, 1.54) is 0 Å². The number of likely N-dealkylation sites (N-methyl/N-ethyl adjacent to an activating group) is 2. The van der Waals surface area contributed by atoms with Crippen molar-refractivity contribution in [1.29, 1.82) is 0 Å². The lowest BCUT2D eigenvalue weighted by atomic mass is 10.2. The molecular weight excluding hydrogens is 268 g/mol. The van der Waals surface area contributed by atoms with Gasteiger partial charge >= 0.3 is 0 Å². The van der Waals surface area contributed by atoms with Crippen molar-refractivity contribution in [2.45, 2.75) is 26.9 Å². The number of hydrogen-bond donors (Lipinski definition) is 2. The number of benzene rings is 1. The van der Waals surface area contributed by atoms with Crippen molar-refractivity contribution >= 4 is 5.91 Å². The van der Waals surface area contributed by atoms with E-state index in [4.69, 9.17) is 4.74 Å². The van der Waals surface area contributed by atoms with E-state index < -0.39 is 6.10 Å². The Labute approximate surface area is 126 Å². The van der Waals surface area contributed by atoms with Gasteiger partial charge in [0.25, 0.3) is 0 Å². The normalized spacial score (nSPS) is 12.2. The lowest BCUT2D eigenvalue weighted by molar-refractivity contribution is -0.122. The van der Waals surface area contributed by atoms with Gasteiger partial charge < -0.3 is 15.2 Å². The number of aryl methyl sites for hydroxylation is 1. The van der Waals surface area contributed by atoms with E-state index in [0.29, 0.717) is 26.2 Å². The number of ether oxygens (including phenoxy) is 1. The summed E-state index contributed by atoms with van der Waals surface area (Å²) in [5.41, 5.74) is 1.04. The third-order valence-electron chi connectivity index (χ3n) is 3.18. The Hall–Kier alpha value is -1.59. The molecular formula is C16H26N2O3. The van der Waals surface area contributed by atoms with Crippen molar-refractivity contribution < 1.29 is 14.6 Å². The Morgan fingerprint density at radius 1 is 1.38 bits per heavy atom. The van der Waals surface area contributed by atoms with Crippen LogP contribution in [0.2, 0.25) is 0 Å². The molecule has 0 aliphatic heterocycles. The van der Waals surface area contributed by atoms with Crippen LogP contribution in [0.1, 0.15) is 19.4 Å². The van der Waals surface area contributed by atoms with Gasteiger partial charge in [0.1, 0.15) is 18.5 Å². The molecule has 1 atom stereocenters. The van der Waals surface area contributed by atoms with Crippen molar-refractivity contribution in [3.05, 3.63) is 29.8 Å². The number of aliphatic hydroxyl groups is 1. The first kappa shape index (κ1) is 17.5. The summed E-state index contributed by atoms with van der Waals surface area (Å²) >= 11 is 0. The Balaban J connectivity index is 2.39. The maximum Gasteiger partial charge on any atom is 0.234 e. The highest BCUT2D eigenvalue weighted by molar-refractivity contribution is 5.77. The molecule has 1 aromatic rings. The molecule has 21 heavy (non-hydrogen) atoms. The second kappa shape index (κ2) is 9.37. The second-order valence-electron chi connectivity index (χ2n) is 5.01. The minimum atomic E-state index is -0.626. The van der Waals surface area contributed by atoms with Gasteiger partial charge in [0, 0.05) is 13.1 Å². The van der Waals surface area contributed by atoms with E-state index in [2.05, 4.69) is 5.32 Å². The van der Waals surface area contributed by atoms with Crippen LogP contribution < -0.4 is 10.1 Å². The van der Waals surface area contributed by atoms with Crippen molar-refractivity contribution in [3.63, 3.8) is 0 Å². The third-order valence-corrected chi connectivity index (χ3v) is 3.18. The van der Waals surface area contributed by atoms with Crippen LogP contribution in [0.4, 0.5) is 0 Å². The first-order chi connectivity index (χ1) is 10.1. The molecule has 1 aromatic carbocycles. The predicted octanol–water partition coefficient (Wildman–Crippen LogP) is 1.19. The number of aliphatic hydroxyl groups excluding tert-OH is 1. The molecule has 0 bridgehead atoms. The predicted molar refractivity (Wildman–Crippen MR) is 83.5 cm³/mol. The molecule has 1 unspecified atom stereocenters. The van der Waals surface area contributed by atoms with Gasteiger partial charge in [-0.1, -0.05) is 25.1 Å². The Morgan fingerprint density at radius 3 is 2.71 bits per heavy atom. The minimum absolute atomic E-state index is 0.0219. The molecule has 0 spiro atoms. The lowest BCUT2D eigenvalue weighted by Gasteiger charge is -2.23. The smallest absolute Gasteiger partial charge is 0.234 e. The Kier molecular flexibility index (Phi) is 7.79. The lowest BCUT2D eigenvalue weighted by Crippen LogP contribution is -2.42. The molecule has 0 heterocycles. The average molecular weight is 294 g/mol. The van der Waals surface area contributed by atoms with E-state index in [9.17, 15) is 9.90 Å². The SMILES string of the molecule is CCNC(=O)CN(CC)CC(O)COc1ccccc1C. The zero-order valence-corrected chi connectivity index (χ0v) is 13.1. The molecule has 5 nitrogen and oxygen atoms in total. The molecule has 0 aliphatic rings. The molecule has 1 amide bonds. The van der Waals surface area contributed by atoms with Gasteiger partial charge in [-0.15, -0.1) is 0 Å². The van der Waals surface area contributed by atoms with Crippen molar-refractivity contribution in [1.82, 2.24) is 10.2 Å². The number of carbonyl (C=O) groups excluding carboxylic acids is 1. The van der Waals surface area contributed by atoms with Gasteiger partial charge in [-0.2, -0.15) is 0 Å². The number of carbonyl (C=O) groups is 1. The largest absolute Gasteiger partial charge is 0.491 e. The maximum atomic E-state index is 11.6. The van der Waals surface area contributed by atoms with Gasteiger partial charge in [0.05, 0.1) is 6.54 Å². The fraction of sp³-hybridized carbons (Fsp3) is 0.562. The summed E-state index contributed by atoms with van der Waals surface area (Å²) in [6.45, 7) is 8.08. The third kappa shape index (κ3) is 6.60. The number of para-hydroxylation sites is 1. The van der Waals surface area contributed by atoms with Crippen LogP contribution >= 0.6 is 0 Å². The summed E-state index contributed by atoms with van der Waals surface area (Å²) in [4.78, 5) is 13.5. The van der Waals surface area contributed by atoms with Crippen molar-refractivity contribution in [2.24, 2.45) is 0 Å². The van der Waals surface area contributed by atoms with E-state index in [0.717, 1.165) is 11.3 Å². The van der Waals surface area contributed by atoms with Crippen molar-refractivity contribution in [2.75, 3.05) is 32.8 Å². The summed E-state index contributed by atoms with van der Waals surface area (Å²) in [7, 11) is 0. The van der Waals surface area contributed by atoms with Gasteiger partial charge in [0.2, 0.25) is 5.91 Å².